The maximum Gasteiger partial charge on any atom is 0.386 e. The van der Waals surface area contributed by atoms with Crippen LogP contribution in [0.4, 0.5) is 16.2 Å². The second kappa shape index (κ2) is 11.2. The van der Waals surface area contributed by atoms with Crippen LogP contribution in [0.25, 0.3) is 22.3 Å². The molecule has 45 heavy (non-hydrogen) atoms. The molecule has 0 aromatic carbocycles. The van der Waals surface area contributed by atoms with E-state index < -0.39 is 81.5 Å². The number of aromatic nitrogens is 8. The van der Waals surface area contributed by atoms with Gasteiger partial charge in [-0.2, -0.15) is 4.98 Å². The van der Waals surface area contributed by atoms with E-state index in [1.54, 1.807) is 0 Å². The maximum atomic E-state index is 16.0. The van der Waals surface area contributed by atoms with E-state index in [1.807, 2.05) is 0 Å². The number of nitrogen functional groups attached to an aromatic ring is 2. The fourth-order valence-corrected chi connectivity index (χ4v) is 8.20. The van der Waals surface area contributed by atoms with Gasteiger partial charge < -0.3 is 26.0 Å². The zero-order chi connectivity index (χ0) is 31.8. The number of aromatic amines is 1. The van der Waals surface area contributed by atoms with Crippen LogP contribution in [0.2, 0.25) is 0 Å². The average Bonchev–Trinajstić information content (AvgIpc) is 3.72. The van der Waals surface area contributed by atoms with Gasteiger partial charge in [-0.05, 0) is 0 Å². The number of alkyl halides is 1. The molecule has 3 aliphatic heterocycles. The van der Waals surface area contributed by atoms with Crippen molar-refractivity contribution in [1.82, 2.24) is 39.0 Å². The smallest absolute Gasteiger partial charge is 0.386 e. The quantitative estimate of drug-likeness (QED) is 0.122. The van der Waals surface area contributed by atoms with Crippen molar-refractivity contribution in [2.24, 2.45) is 0 Å². The second-order valence-corrected chi connectivity index (χ2v) is 15.8. The fourth-order valence-electron chi connectivity index (χ4n) is 5.26. The normalized spacial score (nSPS) is 37.7. The summed E-state index contributed by atoms with van der Waals surface area (Å²) >= 11 is 8.03. The standard InChI is InChI=1S/C20H23FN10O10P2S2/c21-8-12-7(39-18(8)30-4-26-9-14(22)24-3-25-15(9)30)2-37-43(35,45)41-13-11(32)6(1-36-42(34,44)40-12)38-19(13)31-5-27-10-16(31)28-20(23)29-17(10)33/h3-8,11-13,18-19,32H,1-2H2,(H,34,44)(H,35,45)(H2,22,24,25)(H3,23,28,29,33)/t6-,7-,8-,11-,12-,13-,18-,19-,42-,43+/m1/s1. The highest BCUT2D eigenvalue weighted by atomic mass is 32.7. The molecule has 7 rings (SSSR count). The van der Waals surface area contributed by atoms with Gasteiger partial charge in [0.25, 0.3) is 5.56 Å². The zero-order valence-electron chi connectivity index (χ0n) is 22.3. The van der Waals surface area contributed by atoms with Gasteiger partial charge in [-0.1, -0.05) is 24.5 Å². The van der Waals surface area contributed by atoms with E-state index in [4.69, 9.17) is 39.0 Å². The van der Waals surface area contributed by atoms with Crippen LogP contribution in [0.3, 0.4) is 0 Å². The molecule has 3 saturated heterocycles. The molecule has 4 aromatic rings. The first kappa shape index (κ1) is 30.9. The number of ether oxygens (including phenoxy) is 2. The van der Waals surface area contributed by atoms with Crippen LogP contribution >= 0.6 is 38.1 Å². The second-order valence-electron chi connectivity index (χ2n) is 10.1. The van der Waals surface area contributed by atoms with Crippen molar-refractivity contribution in [1.29, 1.82) is 0 Å². The molecule has 0 spiro atoms. The molecule has 0 radical (unpaired) electrons. The molecule has 7 heterocycles. The number of nitrogens with one attached hydrogen (secondary N) is 1. The summed E-state index contributed by atoms with van der Waals surface area (Å²) in [4.78, 5) is 34.7. The SMILES string of the molecule is Nc1nc2c(ncn2[C@@H]2O[C@@H]3CO[P@@](=O)(S)O[C@H]4[C@@H](F)[C@H](n5cnc6c(N)ncnc65)O[C@@H]4CO[P@](=O)(S)O[C@@H]2[C@@H]3O)c(=O)[nH]1. The topological polar surface area (TPSA) is 269 Å². The Bertz CT molecular complexity index is 1950. The van der Waals surface area contributed by atoms with Crippen LogP contribution in [0, 0.1) is 0 Å². The number of anilines is 2. The summed E-state index contributed by atoms with van der Waals surface area (Å²) in [5.41, 5.74) is 11.0. The lowest BCUT2D eigenvalue weighted by atomic mass is 10.1. The highest BCUT2D eigenvalue weighted by Gasteiger charge is 2.54. The van der Waals surface area contributed by atoms with E-state index in [0.717, 1.165) is 6.33 Å². The van der Waals surface area contributed by atoms with Crippen molar-refractivity contribution < 1.29 is 46.2 Å². The number of hydrogen-bond donors (Lipinski definition) is 6. The Labute approximate surface area is 260 Å². The summed E-state index contributed by atoms with van der Waals surface area (Å²) in [6.07, 6.45) is -8.75. The number of rotatable bonds is 2. The Morgan fingerprint density at radius 3 is 2.27 bits per heavy atom. The Morgan fingerprint density at radius 2 is 1.53 bits per heavy atom. The van der Waals surface area contributed by atoms with Crippen molar-refractivity contribution in [2.45, 2.75) is 49.1 Å². The van der Waals surface area contributed by atoms with E-state index in [0.29, 0.717) is 0 Å². The molecule has 4 aromatic heterocycles. The summed E-state index contributed by atoms with van der Waals surface area (Å²) in [6.45, 7) is -10.1. The molecular formula is C20H23FN10O10P2S2. The number of thiol groups is 2. The molecule has 2 bridgehead atoms. The average molecular weight is 709 g/mol. The van der Waals surface area contributed by atoms with E-state index in [2.05, 4.69) is 54.4 Å². The minimum Gasteiger partial charge on any atom is -0.387 e. The van der Waals surface area contributed by atoms with Crippen molar-refractivity contribution in [3.8, 4) is 0 Å². The molecule has 0 unspecified atom stereocenters. The van der Waals surface area contributed by atoms with Gasteiger partial charge in [0.1, 0.15) is 42.4 Å². The maximum absolute atomic E-state index is 16.0. The summed E-state index contributed by atoms with van der Waals surface area (Å²) in [5, 5.41) is 11.1. The van der Waals surface area contributed by atoms with Gasteiger partial charge in [0, 0.05) is 0 Å². The molecule has 10 atom stereocenters. The van der Waals surface area contributed by atoms with Gasteiger partial charge in [-0.15, -0.1) is 0 Å². The molecule has 3 fully saturated rings. The lowest BCUT2D eigenvalue weighted by Crippen LogP contribution is -2.35. The van der Waals surface area contributed by atoms with Gasteiger partial charge in [-0.3, -0.25) is 37.0 Å². The molecule has 20 nitrogen and oxygen atoms in total. The minimum absolute atomic E-state index is 0.0443. The van der Waals surface area contributed by atoms with Gasteiger partial charge in [0.2, 0.25) is 5.95 Å². The lowest BCUT2D eigenvalue weighted by Gasteiger charge is -2.26. The first-order valence-corrected chi connectivity index (χ1v) is 18.3. The number of halogens is 1. The first-order valence-electron chi connectivity index (χ1n) is 12.9. The van der Waals surface area contributed by atoms with Crippen molar-refractivity contribution in [2.75, 3.05) is 24.7 Å². The van der Waals surface area contributed by atoms with Crippen LogP contribution in [-0.2, 0) is 36.7 Å². The Balaban J connectivity index is 1.21. The minimum atomic E-state index is -4.42. The summed E-state index contributed by atoms with van der Waals surface area (Å²) in [6, 6.07) is 0. The number of imidazole rings is 2. The van der Waals surface area contributed by atoms with Crippen LogP contribution in [0.15, 0.2) is 23.8 Å². The predicted molar refractivity (Wildman–Crippen MR) is 156 cm³/mol. The zero-order valence-corrected chi connectivity index (χ0v) is 25.9. The van der Waals surface area contributed by atoms with E-state index in [1.165, 1.54) is 21.8 Å². The highest BCUT2D eigenvalue weighted by molar-refractivity contribution is 8.44. The van der Waals surface area contributed by atoms with Gasteiger partial charge in [-0.25, -0.2) is 33.5 Å². The largest absolute Gasteiger partial charge is 0.387 e. The summed E-state index contributed by atoms with van der Waals surface area (Å²) in [5.74, 6) is -0.193. The molecule has 0 amide bonds. The summed E-state index contributed by atoms with van der Waals surface area (Å²) < 4.78 is 79.0. The molecular weight excluding hydrogens is 685 g/mol. The van der Waals surface area contributed by atoms with Crippen LogP contribution < -0.4 is 17.0 Å². The number of fused-ring (bicyclic) bond motifs is 5. The number of aliphatic hydroxyl groups is 1. The van der Waals surface area contributed by atoms with E-state index in [9.17, 15) is 19.0 Å². The summed E-state index contributed by atoms with van der Waals surface area (Å²) in [7, 11) is 0. The van der Waals surface area contributed by atoms with Crippen LogP contribution in [-0.4, -0.2) is 94.0 Å². The molecule has 25 heteroatoms. The van der Waals surface area contributed by atoms with Gasteiger partial charge >= 0.3 is 13.6 Å². The van der Waals surface area contributed by atoms with Gasteiger partial charge in [0.05, 0.1) is 25.9 Å². The number of nitrogens with zero attached hydrogens (tertiary/aromatic N) is 7. The number of nitrogens with two attached hydrogens (primary N) is 2. The third kappa shape index (κ3) is 5.54. The highest BCUT2D eigenvalue weighted by Crippen LogP contribution is 2.60. The Hall–Kier alpha value is -2.69. The monoisotopic (exact) mass is 708 g/mol. The Kier molecular flexibility index (Phi) is 7.72. The molecule has 0 saturated carbocycles. The fraction of sp³-hybridized carbons (Fsp3) is 0.500. The Morgan fingerprint density at radius 1 is 0.911 bits per heavy atom. The van der Waals surface area contributed by atoms with Crippen molar-refractivity contribution >= 4 is 72.2 Å². The van der Waals surface area contributed by atoms with Crippen LogP contribution in [0.5, 0.6) is 0 Å². The number of hydrogen-bond acceptors (Lipinski definition) is 17. The number of H-pyrrole nitrogens is 1. The molecule has 6 N–H and O–H groups in total. The van der Waals surface area contributed by atoms with Crippen molar-refractivity contribution in [3.05, 3.63) is 29.3 Å². The van der Waals surface area contributed by atoms with E-state index in [-0.39, 0.29) is 34.1 Å². The number of aliphatic hydroxyl groups excluding tert-OH is 1. The molecule has 3 aliphatic rings. The first-order chi connectivity index (χ1) is 21.3. The lowest BCUT2D eigenvalue weighted by molar-refractivity contribution is -0.0568. The van der Waals surface area contributed by atoms with Gasteiger partial charge in [0.15, 0.2) is 41.3 Å². The molecule has 242 valence electrons. The van der Waals surface area contributed by atoms with Crippen LogP contribution in [0.1, 0.15) is 12.5 Å². The predicted octanol–water partition coefficient (Wildman–Crippen LogP) is 0.511. The van der Waals surface area contributed by atoms with E-state index >= 15 is 4.39 Å². The third-order valence-electron chi connectivity index (χ3n) is 7.28. The molecule has 0 aliphatic carbocycles. The van der Waals surface area contributed by atoms with Crippen molar-refractivity contribution in [3.63, 3.8) is 0 Å². The third-order valence-corrected chi connectivity index (χ3v) is 10.5.